The molecule has 0 aromatic carbocycles. The van der Waals surface area contributed by atoms with E-state index in [0.29, 0.717) is 6.54 Å². The number of hydrogen-bond donors (Lipinski definition) is 2. The zero-order valence-corrected chi connectivity index (χ0v) is 9.89. The minimum absolute atomic E-state index is 0.123. The van der Waals surface area contributed by atoms with Crippen molar-refractivity contribution in [2.75, 3.05) is 0 Å². The molecule has 1 saturated carbocycles. The third-order valence-corrected chi connectivity index (χ3v) is 2.91. The molecule has 5 heteroatoms. The van der Waals surface area contributed by atoms with Gasteiger partial charge in [-0.3, -0.25) is 4.79 Å². The summed E-state index contributed by atoms with van der Waals surface area (Å²) in [5.74, 6) is 0.609. The predicted molar refractivity (Wildman–Crippen MR) is 62.1 cm³/mol. The van der Waals surface area contributed by atoms with Crippen LogP contribution in [-0.2, 0) is 16.1 Å². The average molecular weight is 238 g/mol. The molecule has 0 saturated heterocycles. The van der Waals surface area contributed by atoms with E-state index in [1.165, 1.54) is 0 Å². The van der Waals surface area contributed by atoms with Gasteiger partial charge in [-0.15, -0.1) is 0 Å². The Kier molecular flexibility index (Phi) is 3.81. The van der Waals surface area contributed by atoms with E-state index in [1.807, 2.05) is 6.07 Å². The second kappa shape index (κ2) is 5.33. The summed E-state index contributed by atoms with van der Waals surface area (Å²) < 4.78 is 10.7. The molecule has 1 aromatic heterocycles. The van der Waals surface area contributed by atoms with Crippen molar-refractivity contribution in [1.29, 1.82) is 0 Å². The molecule has 17 heavy (non-hydrogen) atoms. The fourth-order valence-corrected chi connectivity index (χ4v) is 1.80. The Labute approximate surface area is 100 Å². The molecule has 0 bridgehead atoms. The van der Waals surface area contributed by atoms with E-state index in [2.05, 4.69) is 5.32 Å². The number of carbonyl (C=O) groups excluding carboxylic acids is 1. The van der Waals surface area contributed by atoms with Crippen LogP contribution in [0.1, 0.15) is 25.5 Å². The number of carbonyl (C=O) groups is 1. The van der Waals surface area contributed by atoms with Gasteiger partial charge >= 0.3 is 0 Å². The zero-order valence-electron chi connectivity index (χ0n) is 9.89. The molecule has 1 amide bonds. The topological polar surface area (TPSA) is 77.5 Å². The maximum absolute atomic E-state index is 11.7. The lowest BCUT2D eigenvalue weighted by atomic mass is 9.90. The van der Waals surface area contributed by atoms with E-state index in [-0.39, 0.29) is 18.1 Å². The summed E-state index contributed by atoms with van der Waals surface area (Å²) in [6, 6.07) is 3.84. The van der Waals surface area contributed by atoms with Gasteiger partial charge in [-0.05, 0) is 31.9 Å². The molecule has 0 aliphatic heterocycles. The van der Waals surface area contributed by atoms with Crippen LogP contribution in [0.5, 0.6) is 0 Å². The minimum Gasteiger partial charge on any atom is -0.467 e. The first-order chi connectivity index (χ1) is 8.15. The van der Waals surface area contributed by atoms with Gasteiger partial charge in [0, 0.05) is 6.04 Å². The Balaban J connectivity index is 1.68. The number of nitrogens with two attached hydrogens (primary N) is 1. The normalized spacial score (nSPS) is 25.1. The summed E-state index contributed by atoms with van der Waals surface area (Å²) in [5.41, 5.74) is 5.65. The van der Waals surface area contributed by atoms with E-state index in [1.54, 1.807) is 19.3 Å². The van der Waals surface area contributed by atoms with Crippen LogP contribution in [0, 0.1) is 0 Å². The van der Waals surface area contributed by atoms with Gasteiger partial charge in [0.25, 0.3) is 0 Å². The molecule has 1 aliphatic rings. The van der Waals surface area contributed by atoms with Gasteiger partial charge < -0.3 is 20.2 Å². The van der Waals surface area contributed by atoms with Crippen LogP contribution in [0.25, 0.3) is 0 Å². The summed E-state index contributed by atoms with van der Waals surface area (Å²) in [5, 5.41) is 2.76. The van der Waals surface area contributed by atoms with Gasteiger partial charge in [-0.2, -0.15) is 0 Å². The van der Waals surface area contributed by atoms with E-state index in [4.69, 9.17) is 14.9 Å². The smallest absolute Gasteiger partial charge is 0.249 e. The van der Waals surface area contributed by atoms with Gasteiger partial charge in [-0.1, -0.05) is 0 Å². The molecule has 0 spiro atoms. The number of rotatable bonds is 5. The molecule has 1 fully saturated rings. The molecule has 1 aliphatic carbocycles. The number of hydrogen-bond acceptors (Lipinski definition) is 4. The Bertz CT molecular complexity index is 358. The van der Waals surface area contributed by atoms with Gasteiger partial charge in [0.2, 0.25) is 5.91 Å². The number of amides is 1. The molecule has 0 radical (unpaired) electrons. The van der Waals surface area contributed by atoms with Gasteiger partial charge in [-0.25, -0.2) is 0 Å². The lowest BCUT2D eigenvalue weighted by molar-refractivity contribution is -0.139. The average Bonchev–Trinajstić information content (AvgIpc) is 2.76. The van der Waals surface area contributed by atoms with E-state index >= 15 is 0 Å². The maximum Gasteiger partial charge on any atom is 0.249 e. The summed E-state index contributed by atoms with van der Waals surface area (Å²) in [6.45, 7) is 2.14. The fourth-order valence-electron chi connectivity index (χ4n) is 1.80. The highest BCUT2D eigenvalue weighted by molar-refractivity contribution is 5.80. The molecule has 1 heterocycles. The second-order valence-electron chi connectivity index (χ2n) is 4.43. The minimum atomic E-state index is -0.442. The predicted octanol–water partition coefficient (Wildman–Crippen LogP) is 0.791. The molecule has 3 N–H and O–H groups in total. The molecule has 1 unspecified atom stereocenters. The van der Waals surface area contributed by atoms with Crippen LogP contribution in [-0.4, -0.2) is 24.2 Å². The van der Waals surface area contributed by atoms with Crippen LogP contribution in [0.4, 0.5) is 0 Å². The van der Waals surface area contributed by atoms with Gasteiger partial charge in [0.15, 0.2) is 0 Å². The Morgan fingerprint density at radius 3 is 3.06 bits per heavy atom. The molecule has 5 nitrogen and oxygen atoms in total. The first-order valence-corrected chi connectivity index (χ1v) is 5.86. The SMILES string of the molecule is CC(OC1CC(N)C1)C(=O)NCc1ccco1. The highest BCUT2D eigenvalue weighted by atomic mass is 16.5. The third-order valence-electron chi connectivity index (χ3n) is 2.91. The monoisotopic (exact) mass is 238 g/mol. The van der Waals surface area contributed by atoms with Crippen molar-refractivity contribution in [3.05, 3.63) is 24.2 Å². The van der Waals surface area contributed by atoms with Crippen molar-refractivity contribution in [2.24, 2.45) is 5.73 Å². The Hall–Kier alpha value is -1.33. The lowest BCUT2D eigenvalue weighted by Gasteiger charge is -2.33. The summed E-state index contributed by atoms with van der Waals surface area (Å²) >= 11 is 0. The van der Waals surface area contributed by atoms with Gasteiger partial charge in [0.05, 0.1) is 18.9 Å². The number of ether oxygens (including phenoxy) is 1. The Morgan fingerprint density at radius 1 is 1.71 bits per heavy atom. The van der Waals surface area contributed by atoms with Crippen LogP contribution in [0.2, 0.25) is 0 Å². The quantitative estimate of drug-likeness (QED) is 0.795. The first-order valence-electron chi connectivity index (χ1n) is 5.86. The highest BCUT2D eigenvalue weighted by Crippen LogP contribution is 2.22. The van der Waals surface area contributed by atoms with Gasteiger partial charge in [0.1, 0.15) is 11.9 Å². The molecule has 2 rings (SSSR count). The lowest BCUT2D eigenvalue weighted by Crippen LogP contribution is -2.45. The largest absolute Gasteiger partial charge is 0.467 e. The third kappa shape index (κ3) is 3.31. The van der Waals surface area contributed by atoms with Crippen LogP contribution in [0.3, 0.4) is 0 Å². The van der Waals surface area contributed by atoms with Crippen molar-refractivity contribution in [3.63, 3.8) is 0 Å². The van der Waals surface area contributed by atoms with E-state index in [9.17, 15) is 4.79 Å². The van der Waals surface area contributed by atoms with E-state index < -0.39 is 6.10 Å². The standard InChI is InChI=1S/C12H18N2O3/c1-8(17-11-5-9(13)6-11)12(15)14-7-10-3-2-4-16-10/h2-4,8-9,11H,5-7,13H2,1H3,(H,14,15). The summed E-state index contributed by atoms with van der Waals surface area (Å²) in [7, 11) is 0. The van der Waals surface area contributed by atoms with Crippen LogP contribution >= 0.6 is 0 Å². The highest BCUT2D eigenvalue weighted by Gasteiger charge is 2.29. The molecule has 94 valence electrons. The Morgan fingerprint density at radius 2 is 2.47 bits per heavy atom. The molecular formula is C12H18N2O3. The van der Waals surface area contributed by atoms with Crippen molar-refractivity contribution in [1.82, 2.24) is 5.32 Å². The van der Waals surface area contributed by atoms with Crippen molar-refractivity contribution in [2.45, 2.75) is 44.6 Å². The van der Waals surface area contributed by atoms with Crippen molar-refractivity contribution in [3.8, 4) is 0 Å². The second-order valence-corrected chi connectivity index (χ2v) is 4.43. The van der Waals surface area contributed by atoms with Crippen LogP contribution < -0.4 is 11.1 Å². The fraction of sp³-hybridized carbons (Fsp3) is 0.583. The van der Waals surface area contributed by atoms with E-state index in [0.717, 1.165) is 18.6 Å². The number of furan rings is 1. The number of nitrogens with one attached hydrogen (secondary N) is 1. The molecular weight excluding hydrogens is 220 g/mol. The van der Waals surface area contributed by atoms with Crippen molar-refractivity contribution >= 4 is 5.91 Å². The van der Waals surface area contributed by atoms with Crippen LogP contribution in [0.15, 0.2) is 22.8 Å². The summed E-state index contributed by atoms with van der Waals surface area (Å²) in [6.07, 6.45) is 2.96. The van der Waals surface area contributed by atoms with Crippen molar-refractivity contribution < 1.29 is 13.9 Å². The summed E-state index contributed by atoms with van der Waals surface area (Å²) in [4.78, 5) is 11.7. The zero-order chi connectivity index (χ0) is 12.3. The first kappa shape index (κ1) is 12.1. The molecule has 1 atom stereocenters. The molecule has 1 aromatic rings. The maximum atomic E-state index is 11.7.